The number of nitrogens with one attached hydrogen (secondary N) is 1. The molecule has 190 valence electrons. The molecule has 8 nitrogen and oxygen atoms in total. The number of methoxy groups -OCH3 is 1. The zero-order valence-electron chi connectivity index (χ0n) is 21.0. The lowest BCUT2D eigenvalue weighted by Crippen LogP contribution is -2.39. The highest BCUT2D eigenvalue weighted by molar-refractivity contribution is 7.07. The Morgan fingerprint density at radius 1 is 1.14 bits per heavy atom. The molecule has 0 fully saturated rings. The second-order valence-corrected chi connectivity index (χ2v) is 9.47. The maximum absolute atomic E-state index is 13.8. The first kappa shape index (κ1) is 24.6. The standard InChI is InChI=1S/C28H27N3O5S/c1-5-35-22-12-11-17(13-23(22)36-6-2)25-20(27(33)34-4)15-29-28-31(25)26(32)24(37-28)14-19-16(3)30-21-10-8-7-9-18(19)21/h7-15,25,30H,5-6H2,1-4H3/b24-14-/t25-/m0/s1. The van der Waals surface area contributed by atoms with Crippen molar-refractivity contribution >= 4 is 34.3 Å². The molecule has 1 atom stereocenters. The molecule has 0 saturated heterocycles. The zero-order valence-corrected chi connectivity index (χ0v) is 21.8. The van der Waals surface area contributed by atoms with Crippen LogP contribution in [0.15, 0.2) is 64.0 Å². The van der Waals surface area contributed by atoms with Crippen LogP contribution >= 0.6 is 11.3 Å². The lowest BCUT2D eigenvalue weighted by molar-refractivity contribution is -0.136. The van der Waals surface area contributed by atoms with Gasteiger partial charge in [0.2, 0.25) is 0 Å². The van der Waals surface area contributed by atoms with E-state index in [0.29, 0.717) is 39.6 Å². The van der Waals surface area contributed by atoms with Gasteiger partial charge in [0, 0.05) is 28.4 Å². The highest BCUT2D eigenvalue weighted by Gasteiger charge is 2.31. The first-order chi connectivity index (χ1) is 18.0. The highest BCUT2D eigenvalue weighted by atomic mass is 32.1. The van der Waals surface area contributed by atoms with Crippen LogP contribution in [0.1, 0.15) is 36.7 Å². The van der Waals surface area contributed by atoms with E-state index >= 15 is 0 Å². The average molecular weight is 518 g/mol. The molecule has 0 spiro atoms. The summed E-state index contributed by atoms with van der Waals surface area (Å²) in [5.74, 6) is 0.584. The number of nitrogens with zero attached hydrogens (tertiary/aromatic N) is 2. The van der Waals surface area contributed by atoms with Gasteiger partial charge in [-0.05, 0) is 50.6 Å². The third-order valence-electron chi connectivity index (χ3n) is 6.23. The fraction of sp³-hybridized carbons (Fsp3) is 0.250. The molecule has 1 N–H and O–H groups in total. The van der Waals surface area contributed by atoms with Crippen LogP contribution in [0.5, 0.6) is 11.5 Å². The maximum Gasteiger partial charge on any atom is 0.337 e. The number of esters is 1. The van der Waals surface area contributed by atoms with Gasteiger partial charge in [-0.1, -0.05) is 35.6 Å². The van der Waals surface area contributed by atoms with E-state index in [0.717, 1.165) is 22.2 Å². The van der Waals surface area contributed by atoms with Gasteiger partial charge in [0.1, 0.15) is 0 Å². The van der Waals surface area contributed by atoms with Crippen LogP contribution in [0, 0.1) is 6.92 Å². The number of carbonyl (C=O) groups is 1. The van der Waals surface area contributed by atoms with Crippen molar-refractivity contribution in [2.24, 2.45) is 4.99 Å². The van der Waals surface area contributed by atoms with E-state index in [-0.39, 0.29) is 11.1 Å². The number of ether oxygens (including phenoxy) is 3. The smallest absolute Gasteiger partial charge is 0.337 e. The number of aromatic amines is 1. The summed E-state index contributed by atoms with van der Waals surface area (Å²) < 4.78 is 18.6. The first-order valence-corrected chi connectivity index (χ1v) is 12.8. The number of rotatable bonds is 7. The van der Waals surface area contributed by atoms with Gasteiger partial charge in [0.25, 0.3) is 5.56 Å². The third kappa shape index (κ3) is 4.35. The van der Waals surface area contributed by atoms with Gasteiger partial charge in [0.15, 0.2) is 16.3 Å². The van der Waals surface area contributed by atoms with Crippen LogP contribution < -0.4 is 24.4 Å². The molecule has 1 aliphatic rings. The summed E-state index contributed by atoms with van der Waals surface area (Å²) in [4.78, 5) is 34.9. The molecule has 0 aliphatic carbocycles. The van der Waals surface area contributed by atoms with E-state index in [9.17, 15) is 9.59 Å². The molecule has 0 amide bonds. The Hall–Kier alpha value is -4.11. The van der Waals surface area contributed by atoms with Gasteiger partial charge in [-0.25, -0.2) is 9.79 Å². The number of carbonyl (C=O) groups excluding carboxylic acids is 1. The summed E-state index contributed by atoms with van der Waals surface area (Å²) in [5.41, 5.74) is 3.63. The van der Waals surface area contributed by atoms with Crippen molar-refractivity contribution in [3.05, 3.63) is 90.7 Å². The Bertz CT molecular complexity index is 1710. The van der Waals surface area contributed by atoms with Gasteiger partial charge >= 0.3 is 5.97 Å². The van der Waals surface area contributed by atoms with E-state index in [1.165, 1.54) is 24.6 Å². The molecule has 5 rings (SSSR count). The van der Waals surface area contributed by atoms with Crippen molar-refractivity contribution in [1.82, 2.24) is 9.55 Å². The fourth-order valence-electron chi connectivity index (χ4n) is 4.60. The summed E-state index contributed by atoms with van der Waals surface area (Å²) in [6.45, 7) is 6.69. The first-order valence-electron chi connectivity index (χ1n) is 12.0. The number of aryl methyl sites for hydroxylation is 1. The normalized spacial score (nSPS) is 15.2. The van der Waals surface area contributed by atoms with Crippen molar-refractivity contribution in [3.8, 4) is 11.5 Å². The molecule has 3 heterocycles. The van der Waals surface area contributed by atoms with Crippen LogP contribution in [0.2, 0.25) is 0 Å². The van der Waals surface area contributed by atoms with Crippen LogP contribution in [0.25, 0.3) is 17.0 Å². The number of thiazole rings is 1. The summed E-state index contributed by atoms with van der Waals surface area (Å²) in [6, 6.07) is 12.7. The average Bonchev–Trinajstić information content (AvgIpc) is 3.40. The lowest BCUT2D eigenvalue weighted by atomic mass is 9.97. The zero-order chi connectivity index (χ0) is 26.1. The SMILES string of the molecule is CCOc1ccc([C@H]2C(C(=O)OC)=CN=c3s/c(=C\c4c(C)[nH]c5ccccc45)c(=O)n32)cc1OCC. The second kappa shape index (κ2) is 10.1. The molecule has 37 heavy (non-hydrogen) atoms. The Morgan fingerprint density at radius 3 is 2.65 bits per heavy atom. The summed E-state index contributed by atoms with van der Waals surface area (Å²) in [6.07, 6.45) is 3.37. The number of hydrogen-bond donors (Lipinski definition) is 1. The molecule has 0 bridgehead atoms. The van der Waals surface area contributed by atoms with Gasteiger partial charge in [-0.2, -0.15) is 0 Å². The largest absolute Gasteiger partial charge is 0.490 e. The monoisotopic (exact) mass is 517 g/mol. The number of benzene rings is 2. The predicted octanol–water partition coefficient (Wildman–Crippen LogP) is 3.61. The van der Waals surface area contributed by atoms with Crippen LogP contribution in [0.3, 0.4) is 0 Å². The van der Waals surface area contributed by atoms with Crippen molar-refractivity contribution < 1.29 is 19.0 Å². The Balaban J connectivity index is 1.71. The topological polar surface area (TPSA) is 94.9 Å². The molecule has 0 unspecified atom stereocenters. The van der Waals surface area contributed by atoms with Gasteiger partial charge in [-0.3, -0.25) is 9.36 Å². The summed E-state index contributed by atoms with van der Waals surface area (Å²) in [5, 5.41) is 1.03. The Kier molecular flexibility index (Phi) is 6.71. The minimum atomic E-state index is -0.732. The van der Waals surface area contributed by atoms with Gasteiger partial charge < -0.3 is 19.2 Å². The molecule has 2 aromatic carbocycles. The van der Waals surface area contributed by atoms with Gasteiger partial charge in [0.05, 0.1) is 36.5 Å². The van der Waals surface area contributed by atoms with Crippen LogP contribution in [-0.4, -0.2) is 35.8 Å². The van der Waals surface area contributed by atoms with Crippen molar-refractivity contribution in [1.29, 1.82) is 0 Å². The lowest BCUT2D eigenvalue weighted by Gasteiger charge is -2.23. The summed E-state index contributed by atoms with van der Waals surface area (Å²) in [7, 11) is 1.31. The quantitative estimate of drug-likeness (QED) is 0.378. The number of aromatic nitrogens is 2. The Morgan fingerprint density at radius 2 is 1.89 bits per heavy atom. The third-order valence-corrected chi connectivity index (χ3v) is 7.22. The van der Waals surface area contributed by atoms with E-state index < -0.39 is 12.0 Å². The van der Waals surface area contributed by atoms with Crippen molar-refractivity contribution in [3.63, 3.8) is 0 Å². The van der Waals surface area contributed by atoms with E-state index in [4.69, 9.17) is 14.2 Å². The minimum absolute atomic E-state index is 0.236. The molecular formula is C28H27N3O5S. The predicted molar refractivity (Wildman–Crippen MR) is 143 cm³/mol. The molecule has 4 aromatic rings. The van der Waals surface area contributed by atoms with Crippen molar-refractivity contribution in [2.75, 3.05) is 20.3 Å². The second-order valence-electron chi connectivity index (χ2n) is 8.46. The number of fused-ring (bicyclic) bond motifs is 2. The highest BCUT2D eigenvalue weighted by Crippen LogP contribution is 2.35. The van der Waals surface area contributed by atoms with E-state index in [2.05, 4.69) is 9.98 Å². The summed E-state index contributed by atoms with van der Waals surface area (Å²) >= 11 is 1.28. The maximum atomic E-state index is 13.8. The molecule has 0 radical (unpaired) electrons. The van der Waals surface area contributed by atoms with E-state index in [1.807, 2.05) is 63.2 Å². The molecule has 1 aliphatic heterocycles. The molecule has 9 heteroatoms. The van der Waals surface area contributed by atoms with Crippen LogP contribution in [-0.2, 0) is 9.53 Å². The van der Waals surface area contributed by atoms with E-state index in [1.54, 1.807) is 10.6 Å². The van der Waals surface area contributed by atoms with Crippen LogP contribution in [0.4, 0.5) is 0 Å². The molecule has 0 saturated carbocycles. The number of H-pyrrole nitrogens is 1. The van der Waals surface area contributed by atoms with Crippen molar-refractivity contribution in [2.45, 2.75) is 26.8 Å². The Labute approximate surface area is 217 Å². The minimum Gasteiger partial charge on any atom is -0.490 e. The van der Waals surface area contributed by atoms with Gasteiger partial charge in [-0.15, -0.1) is 0 Å². The number of hydrogen-bond acceptors (Lipinski definition) is 7. The number of para-hydroxylation sites is 1. The molecular weight excluding hydrogens is 490 g/mol. The fourth-order valence-corrected chi connectivity index (χ4v) is 5.55. The molecule has 2 aromatic heterocycles.